The van der Waals surface area contributed by atoms with Gasteiger partial charge in [0.2, 0.25) is 23.2 Å². The standard InChI is InChI=1S/C38H22N8O4S2/c39-19-27-31(41)49-37-25-17-9-7-15-23(25)29(47)35(27,37)51-33(45(37)21-11-3-1-4-12-21)43-44-34-46(22-13-5-2-6-14-22)38-26-18-10-8-16-24(26)30(48)36(38,52-34)28(20-40)32(42)50-38/h1-18H,41-42H2/b43-33-,44-34+/t35-,36-,37-,38-/m1/s1. The van der Waals surface area contributed by atoms with Gasteiger partial charge in [0.05, 0.1) is 0 Å². The van der Waals surface area contributed by atoms with E-state index in [2.05, 4.69) is 12.1 Å². The highest BCUT2D eigenvalue weighted by atomic mass is 32.2. The molecule has 4 N–H and O–H groups in total. The summed E-state index contributed by atoms with van der Waals surface area (Å²) in [5.41, 5.74) is 12.6. The molecule has 4 aromatic rings. The lowest BCUT2D eigenvalue weighted by Crippen LogP contribution is -2.54. The molecule has 52 heavy (non-hydrogen) atoms. The van der Waals surface area contributed by atoms with Gasteiger partial charge < -0.3 is 20.9 Å². The van der Waals surface area contributed by atoms with Crippen molar-refractivity contribution in [3.8, 4) is 12.1 Å². The molecule has 0 bridgehead atoms. The molecule has 10 rings (SSSR count). The summed E-state index contributed by atoms with van der Waals surface area (Å²) in [6, 6.07) is 36.9. The number of nitrogens with zero attached hydrogens (tertiary/aromatic N) is 6. The number of fused-ring (bicyclic) bond motifs is 2. The Bertz CT molecular complexity index is 2390. The molecule has 0 spiro atoms. The van der Waals surface area contributed by atoms with Gasteiger partial charge in [-0.3, -0.25) is 19.4 Å². The summed E-state index contributed by atoms with van der Waals surface area (Å²) < 4.78 is 9.75. The zero-order valence-electron chi connectivity index (χ0n) is 26.7. The second-order valence-corrected chi connectivity index (χ2v) is 15.0. The zero-order valence-corrected chi connectivity index (χ0v) is 28.3. The molecule has 14 heteroatoms. The maximum Gasteiger partial charge on any atom is 0.245 e. The van der Waals surface area contributed by atoms with Crippen LogP contribution >= 0.6 is 23.5 Å². The minimum absolute atomic E-state index is 0.0182. The topological polar surface area (TPSA) is 183 Å². The Morgan fingerprint density at radius 3 is 1.33 bits per heavy atom. The van der Waals surface area contributed by atoms with Gasteiger partial charge in [0.1, 0.15) is 23.3 Å². The van der Waals surface area contributed by atoms with Gasteiger partial charge in [-0.2, -0.15) is 10.5 Å². The quantitative estimate of drug-likeness (QED) is 0.266. The number of ketones is 2. The van der Waals surface area contributed by atoms with Crippen molar-refractivity contribution >= 4 is 56.8 Å². The summed E-state index contributed by atoms with van der Waals surface area (Å²) in [4.78, 5) is 32.6. The van der Waals surface area contributed by atoms with E-state index in [1.54, 1.807) is 58.3 Å². The molecule has 0 saturated carbocycles. The van der Waals surface area contributed by atoms with Gasteiger partial charge >= 0.3 is 0 Å². The normalized spacial score (nSPS) is 30.4. The Hall–Kier alpha value is -6.48. The van der Waals surface area contributed by atoms with Gasteiger partial charge in [-0.05, 0) is 24.3 Å². The molecule has 0 amide bonds. The molecule has 4 aliphatic heterocycles. The van der Waals surface area contributed by atoms with Crippen molar-refractivity contribution in [1.29, 1.82) is 10.5 Å². The number of thioether (sulfide) groups is 2. The largest absolute Gasteiger partial charge is 0.445 e. The molecule has 2 fully saturated rings. The lowest BCUT2D eigenvalue weighted by Gasteiger charge is -2.38. The summed E-state index contributed by atoms with van der Waals surface area (Å²) in [6.45, 7) is 0. The third-order valence-electron chi connectivity index (χ3n) is 10.4. The molecule has 0 radical (unpaired) electrons. The minimum atomic E-state index is -1.64. The summed E-state index contributed by atoms with van der Waals surface area (Å²) in [7, 11) is 0. The van der Waals surface area contributed by atoms with Crippen LogP contribution < -0.4 is 21.3 Å². The minimum Gasteiger partial charge on any atom is -0.445 e. The van der Waals surface area contributed by atoms with E-state index in [0.29, 0.717) is 33.6 Å². The lowest BCUT2D eigenvalue weighted by molar-refractivity contribution is 0.0212. The van der Waals surface area contributed by atoms with Gasteiger partial charge in [-0.15, -0.1) is 10.2 Å². The molecular formula is C38H22N8O4S2. The fraction of sp³-hybridized carbons (Fsp3) is 0.105. The van der Waals surface area contributed by atoms with E-state index in [9.17, 15) is 20.1 Å². The molecular weight excluding hydrogens is 697 g/mol. The van der Waals surface area contributed by atoms with Gasteiger partial charge in [0.25, 0.3) is 0 Å². The van der Waals surface area contributed by atoms with Crippen LogP contribution in [0, 0.1) is 22.7 Å². The molecule has 12 nitrogen and oxygen atoms in total. The molecule has 4 aromatic carbocycles. The van der Waals surface area contributed by atoms with E-state index >= 15 is 0 Å². The number of nitriles is 2. The molecule has 0 aromatic heterocycles. The van der Waals surface area contributed by atoms with Crippen LogP contribution in [0.25, 0.3) is 0 Å². The second-order valence-electron chi connectivity index (χ2n) is 12.6. The van der Waals surface area contributed by atoms with E-state index < -0.39 is 20.9 Å². The highest BCUT2D eigenvalue weighted by Gasteiger charge is 2.82. The number of nitrogens with two attached hydrogens (primary N) is 2. The maximum absolute atomic E-state index is 14.6. The number of para-hydroxylation sites is 2. The Labute approximate surface area is 304 Å². The SMILES string of the molecule is N#CC1=C(N)O[C@]23c4ccccc4C(=O)[C@]12S/C(=N\N=C1\S[C@]24C(=O)c5ccccc5[C@]2(OC(N)=C4C#N)N1c1ccccc1)N3c1ccccc1. The molecule has 0 unspecified atom stereocenters. The lowest BCUT2D eigenvalue weighted by atomic mass is 9.88. The third kappa shape index (κ3) is 3.13. The molecule has 2 aliphatic carbocycles. The predicted octanol–water partition coefficient (Wildman–Crippen LogP) is 5.14. The number of hydrogen-bond acceptors (Lipinski definition) is 12. The van der Waals surface area contributed by atoms with Crippen LogP contribution in [0.4, 0.5) is 11.4 Å². The first-order valence-electron chi connectivity index (χ1n) is 16.0. The van der Waals surface area contributed by atoms with Crippen molar-refractivity contribution in [2.75, 3.05) is 9.80 Å². The average molecular weight is 719 g/mol. The number of benzene rings is 4. The number of Topliss-reactive ketones (excluding diaryl/α,β-unsaturated/α-hetero) is 2. The van der Waals surface area contributed by atoms with Crippen molar-refractivity contribution in [1.82, 2.24) is 0 Å². The van der Waals surface area contributed by atoms with Crippen molar-refractivity contribution in [3.63, 3.8) is 0 Å². The summed E-state index contributed by atoms with van der Waals surface area (Å²) >= 11 is 2.07. The third-order valence-corrected chi connectivity index (χ3v) is 13.2. The van der Waals surface area contributed by atoms with Crippen LogP contribution in [0.2, 0.25) is 0 Å². The second kappa shape index (κ2) is 10.1. The van der Waals surface area contributed by atoms with E-state index in [1.807, 2.05) is 60.7 Å². The first kappa shape index (κ1) is 30.4. The Morgan fingerprint density at radius 1 is 0.577 bits per heavy atom. The molecule has 6 aliphatic rings. The fourth-order valence-electron chi connectivity index (χ4n) is 8.44. The van der Waals surface area contributed by atoms with Crippen LogP contribution in [0.3, 0.4) is 0 Å². The first-order valence-corrected chi connectivity index (χ1v) is 17.7. The summed E-state index contributed by atoms with van der Waals surface area (Å²) in [5, 5.41) is 31.0. The van der Waals surface area contributed by atoms with Gasteiger partial charge in [0.15, 0.2) is 31.4 Å². The van der Waals surface area contributed by atoms with Crippen LogP contribution in [-0.2, 0) is 20.9 Å². The number of anilines is 2. The monoisotopic (exact) mass is 718 g/mol. The van der Waals surface area contributed by atoms with Crippen LogP contribution in [-0.4, -0.2) is 31.4 Å². The molecule has 4 heterocycles. The zero-order chi connectivity index (χ0) is 35.6. The molecule has 4 atom stereocenters. The van der Waals surface area contributed by atoms with Crippen molar-refractivity contribution < 1.29 is 19.1 Å². The van der Waals surface area contributed by atoms with E-state index in [1.165, 1.54) is 0 Å². The number of carbonyl (C=O) groups excluding carboxylic acids is 2. The van der Waals surface area contributed by atoms with Crippen molar-refractivity contribution in [2.45, 2.75) is 20.9 Å². The Morgan fingerprint density at radius 2 is 0.942 bits per heavy atom. The molecule has 2 saturated heterocycles. The van der Waals surface area contributed by atoms with Crippen LogP contribution in [0.1, 0.15) is 31.8 Å². The molecule has 250 valence electrons. The number of hydrogen-bond donors (Lipinski definition) is 2. The maximum atomic E-state index is 14.6. The average Bonchev–Trinajstić information content (AvgIpc) is 3.88. The fourth-order valence-corrected chi connectivity index (χ4v) is 11.5. The van der Waals surface area contributed by atoms with Crippen molar-refractivity contribution in [3.05, 3.63) is 154 Å². The number of rotatable bonds is 3. The smallest absolute Gasteiger partial charge is 0.245 e. The van der Waals surface area contributed by atoms with Crippen molar-refractivity contribution in [2.24, 2.45) is 21.7 Å². The predicted molar refractivity (Wildman–Crippen MR) is 194 cm³/mol. The highest BCUT2D eigenvalue weighted by molar-refractivity contribution is 8.17. The van der Waals surface area contributed by atoms with E-state index in [0.717, 1.165) is 23.5 Å². The van der Waals surface area contributed by atoms with Crippen LogP contribution in [0.5, 0.6) is 0 Å². The van der Waals surface area contributed by atoms with Gasteiger partial charge in [-0.1, -0.05) is 108 Å². The number of ether oxygens (including phenoxy) is 2. The van der Waals surface area contributed by atoms with Gasteiger partial charge in [-0.25, -0.2) is 0 Å². The first-order chi connectivity index (χ1) is 25.3. The van der Waals surface area contributed by atoms with Crippen LogP contribution in [0.15, 0.2) is 142 Å². The number of carbonyl (C=O) groups is 2. The number of amidine groups is 2. The van der Waals surface area contributed by atoms with E-state index in [4.69, 9.17) is 31.1 Å². The Kier molecular flexibility index (Phi) is 5.88. The van der Waals surface area contributed by atoms with Gasteiger partial charge in [0, 0.05) is 33.6 Å². The highest BCUT2D eigenvalue weighted by Crippen LogP contribution is 2.70. The van der Waals surface area contributed by atoms with E-state index in [-0.39, 0.29) is 44.8 Å². The summed E-state index contributed by atoms with van der Waals surface area (Å²) in [6.07, 6.45) is 0. The Balaban J connectivity index is 1.23. The summed E-state index contributed by atoms with van der Waals surface area (Å²) in [5.74, 6) is -0.983.